The first-order valence-electron chi connectivity index (χ1n) is 11.6. The van der Waals surface area contributed by atoms with Crippen LogP contribution in [-0.2, 0) is 24.0 Å². The molecule has 0 aromatic rings. The van der Waals surface area contributed by atoms with Crippen molar-refractivity contribution in [3.63, 3.8) is 0 Å². The van der Waals surface area contributed by atoms with E-state index in [1.165, 1.54) is 4.90 Å². The fourth-order valence-electron chi connectivity index (χ4n) is 3.81. The number of nitrogens with two attached hydrogens (primary N) is 4. The van der Waals surface area contributed by atoms with Gasteiger partial charge >= 0.3 is 5.97 Å². The molecule has 0 radical (unpaired) electrons. The molecule has 35 heavy (non-hydrogen) atoms. The van der Waals surface area contributed by atoms with Gasteiger partial charge in [-0.15, -0.1) is 0 Å². The monoisotopic (exact) mass is 498 g/mol. The predicted molar refractivity (Wildman–Crippen MR) is 127 cm³/mol. The summed E-state index contributed by atoms with van der Waals surface area (Å²) < 4.78 is 0. The number of rotatable bonds is 14. The minimum Gasteiger partial charge on any atom is -0.480 e. The molecule has 1 aliphatic rings. The van der Waals surface area contributed by atoms with E-state index in [1.54, 1.807) is 0 Å². The molecule has 0 aliphatic carbocycles. The van der Waals surface area contributed by atoms with Crippen LogP contribution in [0.4, 0.5) is 0 Å². The zero-order valence-corrected chi connectivity index (χ0v) is 20.2. The van der Waals surface area contributed by atoms with Crippen LogP contribution in [-0.4, -0.2) is 82.8 Å². The SMILES string of the molecule is CC(C)C[C@H](NC(=O)[C@@H](N)CC(N)=O)C(=O)N1CCC[C@H]1C(=O)N[C@@H](CCCN=C(N)N)C(=O)O. The fraction of sp³-hybridized carbons (Fsp3) is 0.714. The number of amides is 4. The summed E-state index contributed by atoms with van der Waals surface area (Å²) in [6.07, 6.45) is 1.22. The van der Waals surface area contributed by atoms with E-state index >= 15 is 0 Å². The van der Waals surface area contributed by atoms with Crippen LogP contribution in [0, 0.1) is 5.92 Å². The van der Waals surface area contributed by atoms with Crippen LogP contribution in [0.2, 0.25) is 0 Å². The molecule has 1 rings (SSSR count). The number of hydrogen-bond acceptors (Lipinski definition) is 7. The van der Waals surface area contributed by atoms with Gasteiger partial charge in [-0.3, -0.25) is 24.2 Å². The molecule has 0 saturated carbocycles. The van der Waals surface area contributed by atoms with Gasteiger partial charge < -0.3 is 43.6 Å². The molecule has 1 fully saturated rings. The number of hydrogen-bond donors (Lipinski definition) is 7. The Bertz CT molecular complexity index is 814. The molecule has 0 bridgehead atoms. The van der Waals surface area contributed by atoms with Gasteiger partial charge in [-0.2, -0.15) is 0 Å². The van der Waals surface area contributed by atoms with E-state index in [4.69, 9.17) is 22.9 Å². The van der Waals surface area contributed by atoms with Gasteiger partial charge in [0.15, 0.2) is 5.96 Å². The fourth-order valence-corrected chi connectivity index (χ4v) is 3.81. The number of aliphatic imine (C=N–C) groups is 1. The second-order valence-corrected chi connectivity index (χ2v) is 9.01. The summed E-state index contributed by atoms with van der Waals surface area (Å²) in [7, 11) is 0. The van der Waals surface area contributed by atoms with Crippen LogP contribution in [0.25, 0.3) is 0 Å². The Hall–Kier alpha value is -3.42. The van der Waals surface area contributed by atoms with Crippen LogP contribution >= 0.6 is 0 Å². The molecule has 0 unspecified atom stereocenters. The first kappa shape index (κ1) is 29.6. The van der Waals surface area contributed by atoms with Crippen LogP contribution in [0.1, 0.15) is 52.4 Å². The number of likely N-dealkylation sites (tertiary alicyclic amines) is 1. The largest absolute Gasteiger partial charge is 0.480 e. The minimum atomic E-state index is -1.22. The molecule has 1 aliphatic heterocycles. The van der Waals surface area contributed by atoms with Crippen molar-refractivity contribution in [2.75, 3.05) is 13.1 Å². The Morgan fingerprint density at radius 2 is 1.74 bits per heavy atom. The molecule has 198 valence electrons. The third-order valence-corrected chi connectivity index (χ3v) is 5.48. The minimum absolute atomic E-state index is 0.0214. The van der Waals surface area contributed by atoms with Gasteiger partial charge in [-0.25, -0.2) is 4.79 Å². The number of aliphatic carboxylic acids is 1. The normalized spacial score (nSPS) is 17.8. The maximum atomic E-state index is 13.3. The van der Waals surface area contributed by atoms with Gasteiger partial charge in [0.25, 0.3) is 0 Å². The summed E-state index contributed by atoms with van der Waals surface area (Å²) >= 11 is 0. The summed E-state index contributed by atoms with van der Waals surface area (Å²) in [6.45, 7) is 4.22. The second-order valence-electron chi connectivity index (χ2n) is 9.01. The van der Waals surface area contributed by atoms with E-state index < -0.39 is 53.8 Å². The number of primary amides is 1. The Kier molecular flexibility index (Phi) is 11.9. The van der Waals surface area contributed by atoms with E-state index in [2.05, 4.69) is 15.6 Å². The number of nitrogens with zero attached hydrogens (tertiary/aromatic N) is 2. The van der Waals surface area contributed by atoms with Gasteiger partial charge in [0.1, 0.15) is 18.1 Å². The van der Waals surface area contributed by atoms with Gasteiger partial charge in [-0.1, -0.05) is 13.8 Å². The Morgan fingerprint density at radius 1 is 1.09 bits per heavy atom. The van der Waals surface area contributed by atoms with Crippen molar-refractivity contribution in [3.8, 4) is 0 Å². The highest BCUT2D eigenvalue weighted by Gasteiger charge is 2.39. The van der Waals surface area contributed by atoms with Crippen molar-refractivity contribution < 1.29 is 29.1 Å². The first-order valence-corrected chi connectivity index (χ1v) is 11.6. The molecule has 0 aromatic carbocycles. The van der Waals surface area contributed by atoms with E-state index in [9.17, 15) is 29.1 Å². The number of carboxylic acids is 1. The Balaban J connectivity index is 2.90. The molecular weight excluding hydrogens is 460 g/mol. The molecule has 0 aromatic heterocycles. The average Bonchev–Trinajstić information content (AvgIpc) is 3.23. The zero-order chi connectivity index (χ0) is 26.7. The summed E-state index contributed by atoms with van der Waals surface area (Å²) in [5, 5.41) is 14.5. The van der Waals surface area contributed by atoms with Gasteiger partial charge in [0.05, 0.1) is 12.5 Å². The average molecular weight is 499 g/mol. The third-order valence-electron chi connectivity index (χ3n) is 5.48. The lowest BCUT2D eigenvalue weighted by molar-refractivity contribution is -0.145. The topological polar surface area (TPSA) is 249 Å². The van der Waals surface area contributed by atoms with Gasteiger partial charge in [-0.05, 0) is 38.0 Å². The molecule has 4 atom stereocenters. The summed E-state index contributed by atoms with van der Waals surface area (Å²) in [5.41, 5.74) is 21.3. The lowest BCUT2D eigenvalue weighted by Gasteiger charge is -2.30. The summed E-state index contributed by atoms with van der Waals surface area (Å²) in [5.74, 6) is -3.82. The second kappa shape index (κ2) is 14.1. The lowest BCUT2D eigenvalue weighted by atomic mass is 10.0. The number of guanidine groups is 1. The molecule has 14 nitrogen and oxygen atoms in total. The highest BCUT2D eigenvalue weighted by atomic mass is 16.4. The van der Waals surface area contributed by atoms with Crippen molar-refractivity contribution in [1.82, 2.24) is 15.5 Å². The van der Waals surface area contributed by atoms with Gasteiger partial charge in [0.2, 0.25) is 23.6 Å². The number of nitrogens with one attached hydrogen (secondary N) is 2. The Morgan fingerprint density at radius 3 is 2.29 bits per heavy atom. The highest BCUT2D eigenvalue weighted by Crippen LogP contribution is 2.21. The highest BCUT2D eigenvalue weighted by molar-refractivity contribution is 5.95. The Labute approximate surface area is 204 Å². The van der Waals surface area contributed by atoms with Crippen molar-refractivity contribution in [1.29, 1.82) is 0 Å². The van der Waals surface area contributed by atoms with Crippen LogP contribution in [0.3, 0.4) is 0 Å². The maximum absolute atomic E-state index is 13.3. The van der Waals surface area contributed by atoms with Crippen molar-refractivity contribution in [3.05, 3.63) is 0 Å². The van der Waals surface area contributed by atoms with Crippen LogP contribution < -0.4 is 33.6 Å². The molecule has 1 saturated heterocycles. The van der Waals surface area contributed by atoms with E-state index in [1.807, 2.05) is 13.8 Å². The molecule has 0 spiro atoms. The number of carbonyl (C=O) groups excluding carboxylic acids is 4. The van der Waals surface area contributed by atoms with E-state index in [0.717, 1.165) is 0 Å². The molecule has 14 heteroatoms. The predicted octanol–water partition coefficient (Wildman–Crippen LogP) is -2.67. The zero-order valence-electron chi connectivity index (χ0n) is 20.2. The lowest BCUT2D eigenvalue weighted by Crippen LogP contribution is -2.57. The van der Waals surface area contributed by atoms with Crippen molar-refractivity contribution in [2.24, 2.45) is 33.8 Å². The van der Waals surface area contributed by atoms with E-state index in [-0.39, 0.29) is 44.2 Å². The van der Waals surface area contributed by atoms with E-state index in [0.29, 0.717) is 19.3 Å². The van der Waals surface area contributed by atoms with Gasteiger partial charge in [0, 0.05) is 13.1 Å². The third kappa shape index (κ3) is 10.2. The van der Waals surface area contributed by atoms with Crippen molar-refractivity contribution >= 4 is 35.6 Å². The smallest absolute Gasteiger partial charge is 0.326 e. The molecule has 1 heterocycles. The standard InChI is InChI=1S/C21H38N8O6/c1-11(2)9-14(28-17(31)12(22)10-16(23)30)19(33)29-8-4-6-15(29)18(32)27-13(20(34)35)5-3-7-26-21(24)25/h11-15H,3-10,22H2,1-2H3,(H2,23,30)(H,27,32)(H,28,31)(H,34,35)(H4,24,25,26)/t12-,13-,14-,15-/m0/s1. The summed E-state index contributed by atoms with van der Waals surface area (Å²) in [4.78, 5) is 66.5. The molecular formula is C21H38N8O6. The maximum Gasteiger partial charge on any atom is 0.326 e. The molecule has 4 amide bonds. The summed E-state index contributed by atoms with van der Waals surface area (Å²) in [6, 6.07) is -4.23. The number of carbonyl (C=O) groups is 5. The first-order chi connectivity index (χ1) is 16.3. The van der Waals surface area contributed by atoms with Crippen LogP contribution in [0.5, 0.6) is 0 Å². The van der Waals surface area contributed by atoms with Crippen molar-refractivity contribution in [2.45, 2.75) is 76.5 Å². The number of carboxylic acid groups (broad SMARTS) is 1. The van der Waals surface area contributed by atoms with Crippen LogP contribution in [0.15, 0.2) is 4.99 Å². The quantitative estimate of drug-likeness (QED) is 0.0748. The molecule has 11 N–H and O–H groups in total.